The number of nitrogens with two attached hydrogens (primary N) is 1. The lowest BCUT2D eigenvalue weighted by Gasteiger charge is -2.28. The first-order valence-corrected chi connectivity index (χ1v) is 7.39. The SMILES string of the molecule is CCC(C)C(N)C(=O)OCCB(C)OC(C)C(C)(C)O. The van der Waals surface area contributed by atoms with Crippen molar-refractivity contribution in [1.82, 2.24) is 0 Å². The number of ether oxygens (including phenoxy) is 1. The van der Waals surface area contributed by atoms with Gasteiger partial charge in [0.2, 0.25) is 0 Å². The molecular formula is C14H30BNO4. The van der Waals surface area contributed by atoms with Crippen LogP contribution in [0.15, 0.2) is 0 Å². The average Bonchev–Trinajstić information content (AvgIpc) is 2.35. The van der Waals surface area contributed by atoms with Crippen LogP contribution < -0.4 is 5.73 Å². The van der Waals surface area contributed by atoms with Gasteiger partial charge in [-0.15, -0.1) is 0 Å². The van der Waals surface area contributed by atoms with E-state index >= 15 is 0 Å². The first-order chi connectivity index (χ1) is 9.09. The molecule has 0 saturated heterocycles. The fourth-order valence-electron chi connectivity index (χ4n) is 1.49. The minimum absolute atomic E-state index is 0.0935. The molecule has 0 aliphatic heterocycles. The molecule has 0 fully saturated rings. The third-order valence-corrected chi connectivity index (χ3v) is 3.73. The molecule has 0 amide bonds. The summed E-state index contributed by atoms with van der Waals surface area (Å²) < 4.78 is 10.8. The Balaban J connectivity index is 3.98. The van der Waals surface area contributed by atoms with E-state index in [0.717, 1.165) is 6.42 Å². The number of esters is 1. The minimum Gasteiger partial charge on any atom is -0.465 e. The summed E-state index contributed by atoms with van der Waals surface area (Å²) in [5.74, 6) is -0.242. The smallest absolute Gasteiger partial charge is 0.323 e. The molecule has 0 aliphatic carbocycles. The molecule has 3 unspecified atom stereocenters. The van der Waals surface area contributed by atoms with E-state index in [1.54, 1.807) is 13.8 Å². The highest BCUT2D eigenvalue weighted by molar-refractivity contribution is 6.50. The zero-order valence-corrected chi connectivity index (χ0v) is 13.7. The van der Waals surface area contributed by atoms with Crippen LogP contribution in [0.25, 0.3) is 0 Å². The summed E-state index contributed by atoms with van der Waals surface area (Å²) >= 11 is 0. The maximum absolute atomic E-state index is 11.7. The molecule has 0 aliphatic rings. The van der Waals surface area contributed by atoms with E-state index in [-0.39, 0.29) is 31.5 Å². The van der Waals surface area contributed by atoms with Crippen molar-refractivity contribution >= 4 is 12.9 Å². The lowest BCUT2D eigenvalue weighted by molar-refractivity contribution is -0.146. The molecule has 0 spiro atoms. The maximum atomic E-state index is 11.7. The van der Waals surface area contributed by atoms with Gasteiger partial charge in [0.25, 0.3) is 6.92 Å². The van der Waals surface area contributed by atoms with Crippen LogP contribution in [0.1, 0.15) is 41.0 Å². The molecule has 0 aromatic heterocycles. The summed E-state index contributed by atoms with van der Waals surface area (Å²) in [6.45, 7) is 11.2. The molecular weight excluding hydrogens is 257 g/mol. The Morgan fingerprint density at radius 1 is 1.40 bits per heavy atom. The standard InChI is InChI=1S/C14H30BNO4/c1-7-10(2)12(16)13(17)19-9-8-15(6)20-11(3)14(4,5)18/h10-12,18H,7-9,16H2,1-6H3. The molecule has 3 N–H and O–H groups in total. The summed E-state index contributed by atoms with van der Waals surface area (Å²) in [5.41, 5.74) is 4.90. The molecule has 0 aromatic carbocycles. The molecule has 5 nitrogen and oxygen atoms in total. The van der Waals surface area contributed by atoms with Crippen molar-refractivity contribution in [3.8, 4) is 0 Å². The van der Waals surface area contributed by atoms with Crippen LogP contribution in [0, 0.1) is 5.92 Å². The molecule has 0 heterocycles. The topological polar surface area (TPSA) is 81.8 Å². The van der Waals surface area contributed by atoms with Gasteiger partial charge >= 0.3 is 5.97 Å². The Bertz CT molecular complexity index is 293. The van der Waals surface area contributed by atoms with Crippen LogP contribution >= 0.6 is 0 Å². The number of aliphatic hydroxyl groups is 1. The van der Waals surface area contributed by atoms with E-state index in [1.807, 2.05) is 27.6 Å². The van der Waals surface area contributed by atoms with Gasteiger partial charge in [-0.05, 0) is 33.0 Å². The van der Waals surface area contributed by atoms with Crippen LogP contribution in [-0.4, -0.2) is 42.3 Å². The van der Waals surface area contributed by atoms with E-state index in [9.17, 15) is 9.90 Å². The van der Waals surface area contributed by atoms with Crippen LogP contribution in [0.4, 0.5) is 0 Å². The van der Waals surface area contributed by atoms with Gasteiger partial charge in [-0.1, -0.05) is 27.1 Å². The Hall–Kier alpha value is -0.585. The Morgan fingerprint density at radius 2 is 1.95 bits per heavy atom. The first-order valence-electron chi connectivity index (χ1n) is 7.39. The Labute approximate surface area is 123 Å². The highest BCUT2D eigenvalue weighted by Crippen LogP contribution is 2.14. The third kappa shape index (κ3) is 7.26. The van der Waals surface area contributed by atoms with Gasteiger partial charge in [-0.2, -0.15) is 0 Å². The zero-order chi connectivity index (χ0) is 15.9. The summed E-state index contributed by atoms with van der Waals surface area (Å²) in [6.07, 6.45) is 1.15. The Kier molecular flexibility index (Phi) is 8.39. The van der Waals surface area contributed by atoms with Crippen molar-refractivity contribution in [2.45, 2.75) is 71.9 Å². The molecule has 0 rings (SSSR count). The van der Waals surface area contributed by atoms with Gasteiger partial charge in [0.1, 0.15) is 6.04 Å². The average molecular weight is 287 g/mol. The largest absolute Gasteiger partial charge is 0.465 e. The summed E-state index contributed by atoms with van der Waals surface area (Å²) in [6, 6.07) is -0.563. The van der Waals surface area contributed by atoms with E-state index in [4.69, 9.17) is 15.1 Å². The minimum atomic E-state index is -0.885. The predicted molar refractivity (Wildman–Crippen MR) is 81.7 cm³/mol. The zero-order valence-electron chi connectivity index (χ0n) is 13.7. The monoisotopic (exact) mass is 287 g/mol. The predicted octanol–water partition coefficient (Wildman–Crippen LogP) is 1.70. The van der Waals surface area contributed by atoms with Crippen molar-refractivity contribution in [3.05, 3.63) is 0 Å². The number of carbonyl (C=O) groups excluding carboxylic acids is 1. The van der Waals surface area contributed by atoms with Gasteiger partial charge in [0, 0.05) is 0 Å². The molecule has 0 radical (unpaired) electrons. The molecule has 0 bridgehead atoms. The molecule has 3 atom stereocenters. The maximum Gasteiger partial charge on any atom is 0.323 e. The third-order valence-electron chi connectivity index (χ3n) is 3.73. The normalized spacial score (nSPS) is 16.4. The number of hydrogen-bond acceptors (Lipinski definition) is 5. The van der Waals surface area contributed by atoms with Crippen molar-refractivity contribution < 1.29 is 19.3 Å². The lowest BCUT2D eigenvalue weighted by Crippen LogP contribution is -2.40. The van der Waals surface area contributed by atoms with Crippen LogP contribution in [-0.2, 0) is 14.2 Å². The van der Waals surface area contributed by atoms with E-state index in [1.165, 1.54) is 0 Å². The second kappa shape index (κ2) is 8.65. The van der Waals surface area contributed by atoms with Crippen molar-refractivity contribution in [2.24, 2.45) is 11.7 Å². The number of rotatable bonds is 9. The van der Waals surface area contributed by atoms with E-state index in [0.29, 0.717) is 6.32 Å². The Morgan fingerprint density at radius 3 is 2.40 bits per heavy atom. The molecule has 118 valence electrons. The second-order valence-electron chi connectivity index (χ2n) is 6.11. The summed E-state index contributed by atoms with van der Waals surface area (Å²) in [4.78, 5) is 11.7. The lowest BCUT2D eigenvalue weighted by atomic mass is 9.67. The molecule has 0 saturated carbocycles. The van der Waals surface area contributed by atoms with Gasteiger partial charge in [0.05, 0.1) is 18.3 Å². The molecule has 20 heavy (non-hydrogen) atoms. The van der Waals surface area contributed by atoms with Crippen LogP contribution in [0.3, 0.4) is 0 Å². The highest BCUT2D eigenvalue weighted by Gasteiger charge is 2.26. The first kappa shape index (κ1) is 19.4. The second-order valence-corrected chi connectivity index (χ2v) is 6.11. The molecule has 0 aromatic rings. The highest BCUT2D eigenvalue weighted by atomic mass is 16.5. The quantitative estimate of drug-likeness (QED) is 0.498. The van der Waals surface area contributed by atoms with Gasteiger partial charge in [-0.3, -0.25) is 4.79 Å². The summed E-state index contributed by atoms with van der Waals surface area (Å²) in [5, 5.41) is 9.78. The van der Waals surface area contributed by atoms with Crippen LogP contribution in [0.5, 0.6) is 0 Å². The van der Waals surface area contributed by atoms with Crippen molar-refractivity contribution in [3.63, 3.8) is 0 Å². The van der Waals surface area contributed by atoms with Crippen LogP contribution in [0.2, 0.25) is 13.1 Å². The van der Waals surface area contributed by atoms with Crippen molar-refractivity contribution in [1.29, 1.82) is 0 Å². The summed E-state index contributed by atoms with van der Waals surface area (Å²) in [7, 11) is 0. The molecule has 6 heteroatoms. The van der Waals surface area contributed by atoms with Gasteiger partial charge in [0.15, 0.2) is 0 Å². The number of hydrogen-bond donors (Lipinski definition) is 2. The number of carbonyl (C=O) groups is 1. The fourth-order valence-corrected chi connectivity index (χ4v) is 1.49. The van der Waals surface area contributed by atoms with E-state index < -0.39 is 11.6 Å². The fraction of sp³-hybridized carbons (Fsp3) is 0.929. The van der Waals surface area contributed by atoms with E-state index in [2.05, 4.69) is 0 Å². The van der Waals surface area contributed by atoms with Gasteiger partial charge < -0.3 is 20.2 Å². The van der Waals surface area contributed by atoms with Crippen molar-refractivity contribution in [2.75, 3.05) is 6.61 Å². The van der Waals surface area contributed by atoms with Gasteiger partial charge in [-0.25, -0.2) is 0 Å².